The summed E-state index contributed by atoms with van der Waals surface area (Å²) < 4.78 is 5.54. The fourth-order valence-electron chi connectivity index (χ4n) is 3.40. The van der Waals surface area contributed by atoms with E-state index in [4.69, 9.17) is 32.1 Å². The third-order valence-electron chi connectivity index (χ3n) is 4.90. The van der Waals surface area contributed by atoms with Gasteiger partial charge in [-0.25, -0.2) is 0 Å². The van der Waals surface area contributed by atoms with Gasteiger partial charge >= 0.3 is 5.97 Å². The Balaban J connectivity index is 0. The van der Waals surface area contributed by atoms with Crippen molar-refractivity contribution in [3.8, 4) is 0 Å². The Hall–Kier alpha value is -2.38. The second-order valence-corrected chi connectivity index (χ2v) is 11.8. The zero-order chi connectivity index (χ0) is 31.1. The fourth-order valence-corrected chi connectivity index (χ4v) is 4.89. The topological polar surface area (TPSA) is 89.6 Å². The molecule has 0 aromatic carbocycles. The minimum atomic E-state index is -0.821. The standard InChI is InChI=1S/C27H41ClN4O2S.C2H6.C2H4/c1-11-20(15-28)13-12-18(6)24-23(16(2)3)26(35-17(4)5)32(19(7)29)25(30)21(31-24)14-22(33)34-27(8,9)10;2*1-2/h11-13,16-17,21,29-30H,6,14-15H2,1-5,7-10H3;1-2H3;1-2H2/b13-12-,20-11+,29-19?,30-25?;;/t21-;;/m0../s1. The minimum absolute atomic E-state index is 0.0318. The van der Waals surface area contributed by atoms with Gasteiger partial charge in [-0.2, -0.15) is 0 Å². The zero-order valence-corrected chi connectivity index (χ0v) is 27.6. The quantitative estimate of drug-likeness (QED) is 0.0713. The molecule has 0 bridgehead atoms. The normalized spacial score (nSPS) is 16.3. The van der Waals surface area contributed by atoms with E-state index in [2.05, 4.69) is 47.4 Å². The molecule has 2 N–H and O–H groups in total. The van der Waals surface area contributed by atoms with Gasteiger partial charge in [0.15, 0.2) is 0 Å². The summed E-state index contributed by atoms with van der Waals surface area (Å²) in [7, 11) is 0. The molecule has 8 heteroatoms. The van der Waals surface area contributed by atoms with E-state index in [1.54, 1.807) is 23.6 Å². The maximum Gasteiger partial charge on any atom is 0.308 e. The van der Waals surface area contributed by atoms with Crippen LogP contribution in [0.3, 0.4) is 0 Å². The van der Waals surface area contributed by atoms with Gasteiger partial charge in [0.05, 0.1) is 17.2 Å². The van der Waals surface area contributed by atoms with Crippen LogP contribution in [-0.2, 0) is 9.53 Å². The first kappa shape index (κ1) is 38.8. The first-order valence-electron chi connectivity index (χ1n) is 13.4. The molecule has 0 amide bonds. The lowest BCUT2D eigenvalue weighted by atomic mass is 9.94. The molecule has 1 atom stereocenters. The molecule has 0 unspecified atom stereocenters. The number of carbonyl (C=O) groups is 1. The highest BCUT2D eigenvalue weighted by molar-refractivity contribution is 8.03. The van der Waals surface area contributed by atoms with E-state index in [-0.39, 0.29) is 29.3 Å². The maximum absolute atomic E-state index is 12.8. The number of carbonyl (C=O) groups excluding carboxylic acids is 1. The minimum Gasteiger partial charge on any atom is -0.460 e. The van der Waals surface area contributed by atoms with Crippen LogP contribution in [0.1, 0.15) is 82.6 Å². The Morgan fingerprint density at radius 3 is 2.13 bits per heavy atom. The van der Waals surface area contributed by atoms with Gasteiger partial charge in [-0.1, -0.05) is 66.3 Å². The molecule has 1 rings (SSSR count). The summed E-state index contributed by atoms with van der Waals surface area (Å²) in [5.41, 5.74) is 2.49. The molecule has 0 aromatic rings. The summed E-state index contributed by atoms with van der Waals surface area (Å²) in [5.74, 6) is 0.237. The number of esters is 1. The third-order valence-corrected chi connectivity index (χ3v) is 6.30. The van der Waals surface area contributed by atoms with Gasteiger partial charge in [-0.15, -0.1) is 36.5 Å². The Bertz CT molecular complexity index is 985. The summed E-state index contributed by atoms with van der Waals surface area (Å²) in [4.78, 5) is 19.3. The van der Waals surface area contributed by atoms with Crippen LogP contribution in [0.4, 0.5) is 0 Å². The first-order chi connectivity index (χ1) is 18.1. The van der Waals surface area contributed by atoms with Crippen LogP contribution in [0.2, 0.25) is 0 Å². The van der Waals surface area contributed by atoms with Gasteiger partial charge in [-0.3, -0.25) is 25.5 Å². The van der Waals surface area contributed by atoms with Crippen molar-refractivity contribution in [2.45, 2.75) is 99.5 Å². The Morgan fingerprint density at radius 1 is 1.21 bits per heavy atom. The van der Waals surface area contributed by atoms with E-state index < -0.39 is 17.6 Å². The molecule has 0 aliphatic carbocycles. The molecular formula is C31H51ClN4O2S. The van der Waals surface area contributed by atoms with Gasteiger partial charge in [-0.05, 0) is 51.7 Å². The van der Waals surface area contributed by atoms with Crippen molar-refractivity contribution in [1.29, 1.82) is 10.8 Å². The first-order valence-corrected chi connectivity index (χ1v) is 14.8. The van der Waals surface area contributed by atoms with Crippen molar-refractivity contribution in [1.82, 2.24) is 4.90 Å². The molecule has 1 heterocycles. The number of rotatable bonds is 9. The zero-order valence-electron chi connectivity index (χ0n) is 26.0. The molecule has 0 saturated heterocycles. The molecule has 0 aromatic heterocycles. The van der Waals surface area contributed by atoms with Crippen LogP contribution < -0.4 is 0 Å². The second kappa shape index (κ2) is 18.8. The van der Waals surface area contributed by atoms with Crippen molar-refractivity contribution >= 4 is 46.7 Å². The fraction of sp³-hybridized carbons (Fsp3) is 0.548. The highest BCUT2D eigenvalue weighted by atomic mass is 35.5. The molecule has 1 aliphatic rings. The van der Waals surface area contributed by atoms with E-state index in [9.17, 15) is 4.79 Å². The van der Waals surface area contributed by atoms with Crippen molar-refractivity contribution in [2.75, 3.05) is 5.88 Å². The number of aliphatic imine (C=N–C) groups is 1. The van der Waals surface area contributed by atoms with Gasteiger partial charge in [0.1, 0.15) is 23.3 Å². The van der Waals surface area contributed by atoms with E-state index in [1.165, 1.54) is 0 Å². The Kier molecular flexibility index (Phi) is 18.7. The molecule has 220 valence electrons. The van der Waals surface area contributed by atoms with Gasteiger partial charge in [0, 0.05) is 16.7 Å². The molecule has 39 heavy (non-hydrogen) atoms. The van der Waals surface area contributed by atoms with Crippen molar-refractivity contribution in [2.24, 2.45) is 10.9 Å². The highest BCUT2D eigenvalue weighted by Crippen LogP contribution is 2.37. The summed E-state index contributed by atoms with van der Waals surface area (Å²) in [5, 5.41) is 18.5. The predicted octanol–water partition coefficient (Wildman–Crippen LogP) is 8.95. The molecule has 0 spiro atoms. The predicted molar refractivity (Wildman–Crippen MR) is 175 cm³/mol. The number of allylic oxidation sites excluding steroid dienone is 6. The average molecular weight is 579 g/mol. The van der Waals surface area contributed by atoms with Crippen LogP contribution in [0.5, 0.6) is 0 Å². The maximum atomic E-state index is 12.8. The van der Waals surface area contributed by atoms with E-state index in [0.29, 0.717) is 17.2 Å². The lowest BCUT2D eigenvalue weighted by Crippen LogP contribution is -2.40. The molecule has 0 radical (unpaired) electrons. The molecule has 0 fully saturated rings. The number of hydrogen-bond acceptors (Lipinski definition) is 6. The van der Waals surface area contributed by atoms with Gasteiger partial charge in [0.25, 0.3) is 0 Å². The molecule has 6 nitrogen and oxygen atoms in total. The van der Waals surface area contributed by atoms with E-state index in [0.717, 1.165) is 16.2 Å². The average Bonchev–Trinajstić information content (AvgIpc) is 2.95. The van der Waals surface area contributed by atoms with Crippen LogP contribution in [0, 0.1) is 16.7 Å². The highest BCUT2D eigenvalue weighted by Gasteiger charge is 2.36. The number of nitrogens with one attached hydrogen (secondary N) is 2. The summed E-state index contributed by atoms with van der Waals surface area (Å²) in [6, 6.07) is -0.821. The smallest absolute Gasteiger partial charge is 0.308 e. The summed E-state index contributed by atoms with van der Waals surface area (Å²) >= 11 is 7.61. The SMILES string of the molecule is C=C.C=C(/C=C\C(=C/C)CCl)C1=N[C@@H](CC(=O)OC(C)(C)C)C(=N)N(C(C)=N)C(SC(C)C)=C1C(C)C.CC. The van der Waals surface area contributed by atoms with Crippen LogP contribution in [-0.4, -0.2) is 51.0 Å². The van der Waals surface area contributed by atoms with Crippen molar-refractivity contribution in [3.05, 3.63) is 59.7 Å². The van der Waals surface area contributed by atoms with Crippen LogP contribution >= 0.6 is 23.4 Å². The Morgan fingerprint density at radius 2 is 1.74 bits per heavy atom. The molecule has 0 saturated carbocycles. The van der Waals surface area contributed by atoms with Crippen molar-refractivity contribution < 1.29 is 9.53 Å². The molecule has 1 aliphatic heterocycles. The number of nitrogens with zero attached hydrogens (tertiary/aromatic N) is 2. The number of halogens is 1. The summed E-state index contributed by atoms with van der Waals surface area (Å²) in [6.07, 6.45) is 5.61. The van der Waals surface area contributed by atoms with Crippen LogP contribution in [0.15, 0.2) is 64.7 Å². The van der Waals surface area contributed by atoms with E-state index in [1.807, 2.05) is 59.8 Å². The number of thioether (sulfide) groups is 1. The number of ether oxygens (including phenoxy) is 1. The van der Waals surface area contributed by atoms with Crippen LogP contribution in [0.25, 0.3) is 0 Å². The number of alkyl halides is 1. The lowest BCUT2D eigenvalue weighted by Gasteiger charge is -2.30. The monoisotopic (exact) mass is 578 g/mol. The number of hydrogen-bond donors (Lipinski definition) is 2. The number of amidine groups is 2. The van der Waals surface area contributed by atoms with Gasteiger partial charge in [0.2, 0.25) is 0 Å². The third kappa shape index (κ3) is 13.0. The largest absolute Gasteiger partial charge is 0.460 e. The van der Waals surface area contributed by atoms with E-state index >= 15 is 0 Å². The Labute approximate surface area is 247 Å². The summed E-state index contributed by atoms with van der Waals surface area (Å²) in [6.45, 7) is 31.6. The second-order valence-electron chi connectivity index (χ2n) is 9.99. The van der Waals surface area contributed by atoms with Crippen molar-refractivity contribution in [3.63, 3.8) is 0 Å². The lowest BCUT2D eigenvalue weighted by molar-refractivity contribution is -0.154. The molecular weight excluding hydrogens is 528 g/mol. The van der Waals surface area contributed by atoms with Gasteiger partial charge < -0.3 is 4.74 Å².